The lowest BCUT2D eigenvalue weighted by molar-refractivity contribution is -0.119. The van der Waals surface area contributed by atoms with Crippen LogP contribution < -0.4 is 19.5 Å². The molecule has 180 valence electrons. The molecular formula is C24H26F2N4O4. The smallest absolute Gasteiger partial charge is 0.272 e. The standard InChI is InChI=1S/C24H26F2N4O4/c1-13(15-8-22(31)27-10-15)34-24-23-18(28-12-30(23)16-4-5-16)9-17(29-24)14-3-6-19(20(7-14)32-2)33-11-21(25)26/h3,6-7,9,12-13,15-16,21H,4-5,8,10-11H2,1-2H3,(H,27,31)/t13?,15-/m1/s1. The van der Waals surface area contributed by atoms with Crippen LogP contribution in [0.4, 0.5) is 8.78 Å². The van der Waals surface area contributed by atoms with Gasteiger partial charge in [0.2, 0.25) is 11.8 Å². The maximum atomic E-state index is 12.6. The van der Waals surface area contributed by atoms with Gasteiger partial charge in [0, 0.05) is 30.5 Å². The Hall–Kier alpha value is -3.43. The monoisotopic (exact) mass is 472 g/mol. The van der Waals surface area contributed by atoms with Crippen molar-refractivity contribution in [3.8, 4) is 28.6 Å². The van der Waals surface area contributed by atoms with Crippen LogP contribution in [0.25, 0.3) is 22.3 Å². The Kier molecular flexibility index (Phi) is 5.97. The summed E-state index contributed by atoms with van der Waals surface area (Å²) in [6.07, 6.45) is 1.59. The van der Waals surface area contributed by atoms with Crippen LogP contribution in [0.2, 0.25) is 0 Å². The third kappa shape index (κ3) is 4.49. The van der Waals surface area contributed by atoms with Gasteiger partial charge in [-0.05, 0) is 44.0 Å². The molecule has 2 atom stereocenters. The number of halogens is 2. The number of pyridine rings is 1. The van der Waals surface area contributed by atoms with E-state index in [1.807, 2.05) is 19.3 Å². The highest BCUT2D eigenvalue weighted by atomic mass is 19.3. The molecular weight excluding hydrogens is 446 g/mol. The van der Waals surface area contributed by atoms with Crippen molar-refractivity contribution < 1.29 is 27.8 Å². The third-order valence-electron chi connectivity index (χ3n) is 6.25. The molecule has 1 aliphatic carbocycles. The van der Waals surface area contributed by atoms with Gasteiger partial charge in [0.25, 0.3) is 6.43 Å². The summed E-state index contributed by atoms with van der Waals surface area (Å²) in [6, 6.07) is 7.28. The molecule has 1 saturated carbocycles. The fourth-order valence-corrected chi connectivity index (χ4v) is 4.22. The van der Waals surface area contributed by atoms with Crippen molar-refractivity contribution in [1.82, 2.24) is 19.9 Å². The van der Waals surface area contributed by atoms with Gasteiger partial charge in [-0.3, -0.25) is 4.79 Å². The van der Waals surface area contributed by atoms with Crippen LogP contribution >= 0.6 is 0 Å². The third-order valence-corrected chi connectivity index (χ3v) is 6.25. The van der Waals surface area contributed by atoms with Crippen molar-refractivity contribution in [2.45, 2.75) is 44.8 Å². The van der Waals surface area contributed by atoms with Gasteiger partial charge in [-0.15, -0.1) is 0 Å². The van der Waals surface area contributed by atoms with Crippen LogP contribution in [0.5, 0.6) is 17.4 Å². The predicted octanol–water partition coefficient (Wildman–Crippen LogP) is 3.99. The van der Waals surface area contributed by atoms with E-state index in [9.17, 15) is 13.6 Å². The fraction of sp³-hybridized carbons (Fsp3) is 0.458. The summed E-state index contributed by atoms with van der Waals surface area (Å²) in [4.78, 5) is 21.1. The molecule has 3 heterocycles. The lowest BCUT2D eigenvalue weighted by Gasteiger charge is -2.20. The maximum Gasteiger partial charge on any atom is 0.272 e. The summed E-state index contributed by atoms with van der Waals surface area (Å²) in [5.74, 6) is 1.10. The quantitative estimate of drug-likeness (QED) is 0.507. The van der Waals surface area contributed by atoms with E-state index in [0.717, 1.165) is 23.9 Å². The molecule has 34 heavy (non-hydrogen) atoms. The molecule has 2 aromatic heterocycles. The van der Waals surface area contributed by atoms with E-state index in [2.05, 4.69) is 14.9 Å². The Morgan fingerprint density at radius 2 is 2.06 bits per heavy atom. The minimum Gasteiger partial charge on any atom is -0.493 e. The first-order valence-corrected chi connectivity index (χ1v) is 11.3. The second kappa shape index (κ2) is 9.08. The average Bonchev–Trinajstić information content (AvgIpc) is 3.42. The van der Waals surface area contributed by atoms with Crippen molar-refractivity contribution in [2.24, 2.45) is 5.92 Å². The number of carbonyl (C=O) groups excluding carboxylic acids is 1. The lowest BCUT2D eigenvalue weighted by Crippen LogP contribution is -2.26. The van der Waals surface area contributed by atoms with Crippen molar-refractivity contribution in [1.29, 1.82) is 0 Å². The minimum absolute atomic E-state index is 0.0246. The number of nitrogens with zero attached hydrogens (tertiary/aromatic N) is 3. The Balaban J connectivity index is 1.51. The van der Waals surface area contributed by atoms with Crippen molar-refractivity contribution in [3.63, 3.8) is 0 Å². The predicted molar refractivity (Wildman–Crippen MR) is 120 cm³/mol. The molecule has 2 aliphatic rings. The number of amides is 1. The number of fused-ring (bicyclic) bond motifs is 1. The number of aromatic nitrogens is 3. The molecule has 1 N–H and O–H groups in total. The first-order chi connectivity index (χ1) is 16.4. The van der Waals surface area contributed by atoms with Crippen LogP contribution in [0.15, 0.2) is 30.6 Å². The molecule has 1 unspecified atom stereocenters. The van der Waals surface area contributed by atoms with Crippen LogP contribution in [0.1, 0.15) is 32.2 Å². The van der Waals surface area contributed by atoms with E-state index in [0.29, 0.717) is 41.9 Å². The molecule has 1 saturated heterocycles. The number of rotatable bonds is 9. The average molecular weight is 472 g/mol. The van der Waals surface area contributed by atoms with E-state index >= 15 is 0 Å². The normalized spacial score (nSPS) is 18.9. The summed E-state index contributed by atoms with van der Waals surface area (Å²) < 4.78 is 44.1. The molecule has 8 nitrogen and oxygen atoms in total. The van der Waals surface area contributed by atoms with Crippen LogP contribution in [0.3, 0.4) is 0 Å². The first-order valence-electron chi connectivity index (χ1n) is 11.3. The number of carbonyl (C=O) groups is 1. The molecule has 1 aliphatic heterocycles. The number of methoxy groups -OCH3 is 1. The maximum absolute atomic E-state index is 12.6. The first kappa shape index (κ1) is 22.4. The molecule has 2 fully saturated rings. The lowest BCUT2D eigenvalue weighted by atomic mass is 10.0. The van der Waals surface area contributed by atoms with E-state index in [1.54, 1.807) is 18.2 Å². The van der Waals surface area contributed by atoms with E-state index in [4.69, 9.17) is 19.2 Å². The molecule has 0 radical (unpaired) electrons. The van der Waals surface area contributed by atoms with Crippen molar-refractivity contribution >= 4 is 16.9 Å². The Bertz CT molecular complexity index is 1210. The molecule has 1 aromatic carbocycles. The molecule has 0 spiro atoms. The van der Waals surface area contributed by atoms with Gasteiger partial charge in [0.1, 0.15) is 18.2 Å². The Morgan fingerprint density at radius 1 is 1.24 bits per heavy atom. The zero-order valence-corrected chi connectivity index (χ0v) is 19.0. The van der Waals surface area contributed by atoms with Gasteiger partial charge in [-0.1, -0.05) is 0 Å². The van der Waals surface area contributed by atoms with Gasteiger partial charge in [-0.2, -0.15) is 0 Å². The van der Waals surface area contributed by atoms with Crippen molar-refractivity contribution in [3.05, 3.63) is 30.6 Å². The van der Waals surface area contributed by atoms with Crippen molar-refractivity contribution in [2.75, 3.05) is 20.3 Å². The number of nitrogens with one attached hydrogen (secondary N) is 1. The topological polar surface area (TPSA) is 87.5 Å². The molecule has 3 aromatic rings. The highest BCUT2D eigenvalue weighted by molar-refractivity contribution is 5.85. The van der Waals surface area contributed by atoms with E-state index in [1.165, 1.54) is 7.11 Å². The number of alkyl halides is 2. The number of imidazole rings is 1. The summed E-state index contributed by atoms with van der Waals surface area (Å²) in [7, 11) is 1.45. The van der Waals surface area contributed by atoms with Gasteiger partial charge < -0.3 is 24.1 Å². The molecule has 0 bridgehead atoms. The van der Waals surface area contributed by atoms with Gasteiger partial charge in [-0.25, -0.2) is 18.7 Å². The number of benzene rings is 1. The van der Waals surface area contributed by atoms with Gasteiger partial charge in [0.15, 0.2) is 11.5 Å². The number of ether oxygens (including phenoxy) is 3. The summed E-state index contributed by atoms with van der Waals surface area (Å²) in [5, 5.41) is 2.85. The largest absolute Gasteiger partial charge is 0.493 e. The highest BCUT2D eigenvalue weighted by Crippen LogP contribution is 2.41. The van der Waals surface area contributed by atoms with Gasteiger partial charge >= 0.3 is 0 Å². The Labute approximate surface area is 195 Å². The van der Waals surface area contributed by atoms with Crippen LogP contribution in [-0.2, 0) is 4.79 Å². The molecule has 1 amide bonds. The van der Waals surface area contributed by atoms with Crippen LogP contribution in [0, 0.1) is 5.92 Å². The molecule has 5 rings (SSSR count). The number of hydrogen-bond acceptors (Lipinski definition) is 6. The van der Waals surface area contributed by atoms with Crippen LogP contribution in [-0.4, -0.2) is 53.2 Å². The molecule has 10 heteroatoms. The SMILES string of the molecule is COc1cc(-c2cc3ncn(C4CC4)c3c(OC(C)[C@H]3CNC(=O)C3)n2)ccc1OCC(F)F. The zero-order chi connectivity index (χ0) is 23.8. The van der Waals surface area contributed by atoms with Gasteiger partial charge in [0.05, 0.1) is 24.6 Å². The summed E-state index contributed by atoms with van der Waals surface area (Å²) >= 11 is 0. The Morgan fingerprint density at radius 3 is 2.74 bits per heavy atom. The number of hydrogen-bond donors (Lipinski definition) is 1. The highest BCUT2D eigenvalue weighted by Gasteiger charge is 2.31. The summed E-state index contributed by atoms with van der Waals surface area (Å²) in [5.41, 5.74) is 2.89. The van der Waals surface area contributed by atoms with E-state index in [-0.39, 0.29) is 23.7 Å². The second-order valence-corrected chi connectivity index (χ2v) is 8.72. The zero-order valence-electron chi connectivity index (χ0n) is 19.0. The minimum atomic E-state index is -2.58. The fourth-order valence-electron chi connectivity index (χ4n) is 4.22. The second-order valence-electron chi connectivity index (χ2n) is 8.72. The van der Waals surface area contributed by atoms with E-state index < -0.39 is 13.0 Å². The summed E-state index contributed by atoms with van der Waals surface area (Å²) in [6.45, 7) is 1.80.